The molecule has 0 radical (unpaired) electrons. The van der Waals surface area contributed by atoms with E-state index in [1.54, 1.807) is 0 Å². The van der Waals surface area contributed by atoms with E-state index in [1.807, 2.05) is 18.2 Å². The first kappa shape index (κ1) is 12.2. The largest absolute Gasteiger partial charge is 0.381 e. The summed E-state index contributed by atoms with van der Waals surface area (Å²) < 4.78 is 5.44. The molecule has 16 heavy (non-hydrogen) atoms. The lowest BCUT2D eigenvalue weighted by Gasteiger charge is -2.29. The molecular weight excluding hydrogens is 245 g/mol. The van der Waals surface area contributed by atoms with E-state index in [9.17, 15) is 0 Å². The molecule has 0 aromatic heterocycles. The van der Waals surface area contributed by atoms with Crippen LogP contribution >= 0.6 is 23.2 Å². The highest BCUT2D eigenvalue weighted by molar-refractivity contribution is 6.35. The second kappa shape index (κ2) is 5.37. The zero-order valence-corrected chi connectivity index (χ0v) is 10.5. The van der Waals surface area contributed by atoms with Gasteiger partial charge in [0.25, 0.3) is 0 Å². The first-order valence-corrected chi connectivity index (χ1v) is 6.20. The molecule has 0 bridgehead atoms. The van der Waals surface area contributed by atoms with Crippen molar-refractivity contribution < 1.29 is 4.74 Å². The predicted molar refractivity (Wildman–Crippen MR) is 67.1 cm³/mol. The van der Waals surface area contributed by atoms with Crippen LogP contribution in [0.5, 0.6) is 0 Å². The minimum absolute atomic E-state index is 0.182. The molecule has 1 aromatic rings. The van der Waals surface area contributed by atoms with Crippen LogP contribution in [0, 0.1) is 5.92 Å². The van der Waals surface area contributed by atoms with Crippen molar-refractivity contribution in [1.29, 1.82) is 0 Å². The van der Waals surface area contributed by atoms with Crippen LogP contribution < -0.4 is 5.73 Å². The van der Waals surface area contributed by atoms with E-state index in [0.717, 1.165) is 25.0 Å². The monoisotopic (exact) mass is 259 g/mol. The van der Waals surface area contributed by atoms with Crippen molar-refractivity contribution in [3.8, 4) is 0 Å². The first-order valence-electron chi connectivity index (χ1n) is 5.44. The van der Waals surface area contributed by atoms with Crippen molar-refractivity contribution >= 4 is 23.2 Å². The minimum atomic E-state index is 0.182. The number of hydrogen-bond donors (Lipinski definition) is 1. The summed E-state index contributed by atoms with van der Waals surface area (Å²) in [5.74, 6) is 0.311. The van der Waals surface area contributed by atoms with E-state index in [2.05, 4.69) is 0 Å². The second-order valence-corrected chi connectivity index (χ2v) is 5.01. The van der Waals surface area contributed by atoms with Crippen LogP contribution in [0.4, 0.5) is 0 Å². The Kier molecular flexibility index (Phi) is 4.09. The molecule has 2 rings (SSSR count). The normalized spacial score (nSPS) is 25.7. The number of nitrogens with two attached hydrogens (primary N) is 1. The standard InChI is InChI=1S/C12H15Cl2NO/c13-10-2-1-3-11(14)9(10)6-8-7-16-5-4-12(8)15/h1-3,8,12H,4-7,15H2/t8-,12-/m0/s1. The SMILES string of the molecule is N[C@H]1CCOC[C@@H]1Cc1c(Cl)cccc1Cl. The Morgan fingerprint density at radius 1 is 1.31 bits per heavy atom. The average molecular weight is 260 g/mol. The van der Waals surface area contributed by atoms with Crippen molar-refractivity contribution in [2.24, 2.45) is 11.7 Å². The molecule has 0 spiro atoms. The van der Waals surface area contributed by atoms with Crippen molar-refractivity contribution in [3.63, 3.8) is 0 Å². The van der Waals surface area contributed by atoms with Gasteiger partial charge in [-0.05, 0) is 30.5 Å². The smallest absolute Gasteiger partial charge is 0.0512 e. The Morgan fingerprint density at radius 2 is 2.00 bits per heavy atom. The van der Waals surface area contributed by atoms with Gasteiger partial charge in [0.15, 0.2) is 0 Å². The average Bonchev–Trinajstić information content (AvgIpc) is 2.26. The topological polar surface area (TPSA) is 35.2 Å². The van der Waals surface area contributed by atoms with Gasteiger partial charge in [0.2, 0.25) is 0 Å². The molecule has 0 aliphatic carbocycles. The Bertz CT molecular complexity index is 350. The van der Waals surface area contributed by atoms with E-state index in [4.69, 9.17) is 33.7 Å². The zero-order valence-electron chi connectivity index (χ0n) is 8.96. The third kappa shape index (κ3) is 2.69. The molecule has 4 heteroatoms. The van der Waals surface area contributed by atoms with E-state index < -0.39 is 0 Å². The van der Waals surface area contributed by atoms with Crippen molar-refractivity contribution in [2.45, 2.75) is 18.9 Å². The van der Waals surface area contributed by atoms with Crippen LogP contribution in [0.15, 0.2) is 18.2 Å². The zero-order chi connectivity index (χ0) is 11.5. The fourth-order valence-electron chi connectivity index (χ4n) is 2.01. The molecule has 1 heterocycles. The highest BCUT2D eigenvalue weighted by Gasteiger charge is 2.24. The summed E-state index contributed by atoms with van der Waals surface area (Å²) in [5.41, 5.74) is 7.04. The number of ether oxygens (including phenoxy) is 1. The Hall–Kier alpha value is -0.280. The third-order valence-electron chi connectivity index (χ3n) is 3.06. The minimum Gasteiger partial charge on any atom is -0.381 e. The molecule has 0 amide bonds. The molecule has 1 aliphatic heterocycles. The quantitative estimate of drug-likeness (QED) is 0.887. The molecule has 1 aromatic carbocycles. The maximum absolute atomic E-state index is 6.13. The van der Waals surface area contributed by atoms with Crippen LogP contribution in [0.25, 0.3) is 0 Å². The number of rotatable bonds is 2. The summed E-state index contributed by atoms with van der Waals surface area (Å²) in [4.78, 5) is 0. The number of benzene rings is 1. The fraction of sp³-hybridized carbons (Fsp3) is 0.500. The van der Waals surface area contributed by atoms with Gasteiger partial charge in [-0.15, -0.1) is 0 Å². The van der Waals surface area contributed by atoms with Gasteiger partial charge in [-0.3, -0.25) is 0 Å². The molecule has 0 saturated carbocycles. The molecule has 2 nitrogen and oxygen atoms in total. The van der Waals surface area contributed by atoms with Gasteiger partial charge in [0.05, 0.1) is 6.61 Å². The van der Waals surface area contributed by atoms with E-state index >= 15 is 0 Å². The van der Waals surface area contributed by atoms with Crippen molar-refractivity contribution in [3.05, 3.63) is 33.8 Å². The van der Waals surface area contributed by atoms with Gasteiger partial charge in [0, 0.05) is 28.6 Å². The second-order valence-electron chi connectivity index (χ2n) is 4.19. The molecule has 2 N–H and O–H groups in total. The summed E-state index contributed by atoms with van der Waals surface area (Å²) in [6.45, 7) is 1.45. The van der Waals surface area contributed by atoms with Gasteiger partial charge >= 0.3 is 0 Å². The van der Waals surface area contributed by atoms with Gasteiger partial charge in [-0.25, -0.2) is 0 Å². The van der Waals surface area contributed by atoms with Crippen LogP contribution in [0.2, 0.25) is 10.0 Å². The van der Waals surface area contributed by atoms with Gasteiger partial charge < -0.3 is 10.5 Å². The molecule has 88 valence electrons. The van der Waals surface area contributed by atoms with Crippen LogP contribution in [-0.4, -0.2) is 19.3 Å². The van der Waals surface area contributed by atoms with E-state index in [1.165, 1.54) is 0 Å². The molecule has 0 unspecified atom stereocenters. The van der Waals surface area contributed by atoms with Crippen LogP contribution in [0.1, 0.15) is 12.0 Å². The summed E-state index contributed by atoms with van der Waals surface area (Å²) in [7, 11) is 0. The lowest BCUT2D eigenvalue weighted by atomic mass is 9.90. The Morgan fingerprint density at radius 3 is 2.62 bits per heavy atom. The highest BCUT2D eigenvalue weighted by Crippen LogP contribution is 2.29. The molecule has 1 aliphatic rings. The van der Waals surface area contributed by atoms with E-state index in [-0.39, 0.29) is 6.04 Å². The summed E-state index contributed by atoms with van der Waals surface area (Å²) >= 11 is 12.3. The van der Waals surface area contributed by atoms with Crippen molar-refractivity contribution in [2.75, 3.05) is 13.2 Å². The molecule has 1 saturated heterocycles. The third-order valence-corrected chi connectivity index (χ3v) is 3.77. The molecule has 2 atom stereocenters. The maximum Gasteiger partial charge on any atom is 0.0512 e. The molecular formula is C12H15Cl2NO. The van der Waals surface area contributed by atoms with Gasteiger partial charge in [-0.1, -0.05) is 29.3 Å². The predicted octanol–water partition coefficient (Wildman–Crippen LogP) is 2.90. The van der Waals surface area contributed by atoms with Crippen molar-refractivity contribution in [1.82, 2.24) is 0 Å². The summed E-state index contributed by atoms with van der Waals surface area (Å²) in [5, 5.41) is 1.43. The van der Waals surface area contributed by atoms with Crippen LogP contribution in [-0.2, 0) is 11.2 Å². The first-order chi connectivity index (χ1) is 7.68. The number of halogens is 2. The lowest BCUT2D eigenvalue weighted by Crippen LogP contribution is -2.39. The Labute approximate surface area is 106 Å². The highest BCUT2D eigenvalue weighted by atomic mass is 35.5. The fourth-order valence-corrected chi connectivity index (χ4v) is 2.57. The van der Waals surface area contributed by atoms with Gasteiger partial charge in [-0.2, -0.15) is 0 Å². The van der Waals surface area contributed by atoms with Gasteiger partial charge in [0.1, 0.15) is 0 Å². The van der Waals surface area contributed by atoms with E-state index in [0.29, 0.717) is 22.6 Å². The maximum atomic E-state index is 6.13. The molecule has 1 fully saturated rings. The lowest BCUT2D eigenvalue weighted by molar-refractivity contribution is 0.0422. The summed E-state index contributed by atoms with van der Waals surface area (Å²) in [6, 6.07) is 5.75. The number of hydrogen-bond acceptors (Lipinski definition) is 2. The van der Waals surface area contributed by atoms with Crippen LogP contribution in [0.3, 0.4) is 0 Å². The summed E-state index contributed by atoms with van der Waals surface area (Å²) in [6.07, 6.45) is 1.70. The Balaban J connectivity index is 2.13.